The number of benzene rings is 1. The minimum absolute atomic E-state index is 0.137. The quantitative estimate of drug-likeness (QED) is 0.487. The molecule has 0 radical (unpaired) electrons. The number of terminal acetylenes is 1. The number of carbonyl (C=O) groups excluding carboxylic acids is 1. The van der Waals surface area contributed by atoms with Gasteiger partial charge < -0.3 is 10.6 Å². The number of anilines is 1. The third-order valence-corrected chi connectivity index (χ3v) is 4.44. The highest BCUT2D eigenvalue weighted by molar-refractivity contribution is 7.89. The molecule has 0 heterocycles. The van der Waals surface area contributed by atoms with Crippen molar-refractivity contribution in [2.75, 3.05) is 18.4 Å². The Hall–Kier alpha value is -2.11. The molecule has 0 saturated carbocycles. The minimum Gasteiger partial charge on any atom is -0.384 e. The molecule has 8 heteroatoms. The third kappa shape index (κ3) is 6.26. The van der Waals surface area contributed by atoms with Gasteiger partial charge in [0.25, 0.3) is 0 Å². The Morgan fingerprint density at radius 2 is 2.09 bits per heavy atom. The fourth-order valence-corrected chi connectivity index (χ4v) is 3.13. The van der Waals surface area contributed by atoms with Crippen molar-refractivity contribution in [2.24, 2.45) is 0 Å². The zero-order valence-electron chi connectivity index (χ0n) is 13.0. The van der Waals surface area contributed by atoms with Crippen LogP contribution in [0, 0.1) is 18.2 Å². The normalized spacial score (nSPS) is 12.3. The molecule has 126 valence electrons. The molecule has 0 spiro atoms. The highest BCUT2D eigenvalue weighted by Crippen LogP contribution is 2.22. The Morgan fingerprint density at radius 1 is 1.39 bits per heavy atom. The van der Waals surface area contributed by atoms with E-state index in [0.717, 1.165) is 6.07 Å². The molecular weight excluding hydrogens is 321 g/mol. The minimum atomic E-state index is -3.95. The van der Waals surface area contributed by atoms with Gasteiger partial charge in [-0.15, -0.1) is 6.42 Å². The lowest BCUT2D eigenvalue weighted by atomic mass is 10.3. The highest BCUT2D eigenvalue weighted by Gasteiger charge is 2.21. The number of nitrogens with one attached hydrogen (secondary N) is 3. The van der Waals surface area contributed by atoms with Crippen molar-refractivity contribution in [3.05, 3.63) is 24.0 Å². The van der Waals surface area contributed by atoms with E-state index in [-0.39, 0.29) is 16.5 Å². The monoisotopic (exact) mass is 341 g/mol. The van der Waals surface area contributed by atoms with E-state index < -0.39 is 21.9 Å². The van der Waals surface area contributed by atoms with Crippen LogP contribution in [0.25, 0.3) is 0 Å². The largest absolute Gasteiger partial charge is 0.384 e. The molecule has 23 heavy (non-hydrogen) atoms. The summed E-state index contributed by atoms with van der Waals surface area (Å²) >= 11 is 0. The summed E-state index contributed by atoms with van der Waals surface area (Å²) in [5, 5.41) is 5.55. The van der Waals surface area contributed by atoms with Crippen molar-refractivity contribution in [1.82, 2.24) is 10.0 Å². The van der Waals surface area contributed by atoms with Gasteiger partial charge in [-0.1, -0.05) is 5.92 Å². The van der Waals surface area contributed by atoms with Crippen LogP contribution in [0.5, 0.6) is 0 Å². The van der Waals surface area contributed by atoms with Crippen molar-refractivity contribution in [3.63, 3.8) is 0 Å². The molecule has 0 aliphatic heterocycles. The number of rotatable bonds is 8. The molecule has 0 aromatic heterocycles. The van der Waals surface area contributed by atoms with Crippen molar-refractivity contribution < 1.29 is 17.6 Å². The maximum atomic E-state index is 13.4. The molecule has 1 aromatic rings. The molecule has 1 aromatic carbocycles. The van der Waals surface area contributed by atoms with Crippen LogP contribution in [0.15, 0.2) is 23.1 Å². The maximum Gasteiger partial charge on any atom is 0.243 e. The first-order chi connectivity index (χ1) is 10.8. The Kier molecular flexibility index (Phi) is 7.00. The van der Waals surface area contributed by atoms with E-state index in [1.54, 1.807) is 0 Å². The lowest BCUT2D eigenvalue weighted by Gasteiger charge is -2.14. The van der Waals surface area contributed by atoms with Crippen molar-refractivity contribution in [3.8, 4) is 12.3 Å². The lowest BCUT2D eigenvalue weighted by Crippen LogP contribution is -2.32. The molecule has 1 atom stereocenters. The standard InChI is InChI=1S/C15H20FN3O3S/c1-4-11(2)19-23(21,22)15-10-13(16)6-7-14(15)18-9-5-8-17-12(3)20/h1,6-7,10-11,18-19H,5,8-9H2,2-3H3,(H,17,20). The molecule has 0 aliphatic rings. The number of amides is 1. The summed E-state index contributed by atoms with van der Waals surface area (Å²) in [7, 11) is -3.95. The van der Waals surface area contributed by atoms with E-state index in [1.807, 2.05) is 0 Å². The SMILES string of the molecule is C#CC(C)NS(=O)(=O)c1cc(F)ccc1NCCCNC(C)=O. The van der Waals surface area contributed by atoms with Gasteiger partial charge in [-0.2, -0.15) is 4.72 Å². The molecule has 0 aliphatic carbocycles. The van der Waals surface area contributed by atoms with Gasteiger partial charge in [-0.25, -0.2) is 12.8 Å². The van der Waals surface area contributed by atoms with Gasteiger partial charge in [0.1, 0.15) is 10.7 Å². The maximum absolute atomic E-state index is 13.4. The van der Waals surface area contributed by atoms with Gasteiger partial charge in [0.15, 0.2) is 0 Å². The molecular formula is C15H20FN3O3S. The van der Waals surface area contributed by atoms with Crippen molar-refractivity contribution in [1.29, 1.82) is 0 Å². The second-order valence-corrected chi connectivity index (χ2v) is 6.60. The van der Waals surface area contributed by atoms with Gasteiger partial charge >= 0.3 is 0 Å². The average Bonchev–Trinajstić information content (AvgIpc) is 2.47. The van der Waals surface area contributed by atoms with E-state index in [1.165, 1.54) is 26.0 Å². The number of halogens is 1. The lowest BCUT2D eigenvalue weighted by molar-refractivity contribution is -0.118. The molecule has 0 fully saturated rings. The van der Waals surface area contributed by atoms with E-state index in [9.17, 15) is 17.6 Å². The Labute approximate surface area is 135 Å². The van der Waals surface area contributed by atoms with Crippen LogP contribution in [0.4, 0.5) is 10.1 Å². The molecule has 3 N–H and O–H groups in total. The fraction of sp³-hybridized carbons (Fsp3) is 0.400. The van der Waals surface area contributed by atoms with Gasteiger partial charge in [0, 0.05) is 20.0 Å². The second-order valence-electron chi connectivity index (χ2n) is 4.91. The first-order valence-electron chi connectivity index (χ1n) is 7.02. The molecule has 1 unspecified atom stereocenters. The van der Waals surface area contributed by atoms with Crippen molar-refractivity contribution >= 4 is 21.6 Å². The first kappa shape index (κ1) is 18.9. The number of carbonyl (C=O) groups is 1. The topological polar surface area (TPSA) is 87.3 Å². The van der Waals surface area contributed by atoms with Crippen LogP contribution in [0.3, 0.4) is 0 Å². The third-order valence-electron chi connectivity index (χ3n) is 2.86. The van der Waals surface area contributed by atoms with Gasteiger partial charge in [0.05, 0.1) is 11.7 Å². The number of hydrogen-bond acceptors (Lipinski definition) is 4. The van der Waals surface area contributed by atoms with Crippen LogP contribution >= 0.6 is 0 Å². The van der Waals surface area contributed by atoms with E-state index in [4.69, 9.17) is 6.42 Å². The smallest absolute Gasteiger partial charge is 0.243 e. The fourth-order valence-electron chi connectivity index (χ4n) is 1.77. The first-order valence-corrected chi connectivity index (χ1v) is 8.51. The van der Waals surface area contributed by atoms with E-state index >= 15 is 0 Å². The average molecular weight is 341 g/mol. The summed E-state index contributed by atoms with van der Waals surface area (Å²) < 4.78 is 40.3. The summed E-state index contributed by atoms with van der Waals surface area (Å²) in [5.41, 5.74) is 0.269. The predicted molar refractivity (Wildman–Crippen MR) is 86.8 cm³/mol. The zero-order valence-corrected chi connectivity index (χ0v) is 13.8. The Balaban J connectivity index is 2.85. The molecule has 0 bridgehead atoms. The van der Waals surface area contributed by atoms with Crippen LogP contribution < -0.4 is 15.4 Å². The van der Waals surface area contributed by atoms with Crippen LogP contribution in [-0.2, 0) is 14.8 Å². The molecule has 1 rings (SSSR count). The van der Waals surface area contributed by atoms with Crippen LogP contribution in [0.2, 0.25) is 0 Å². The molecule has 0 saturated heterocycles. The molecule has 6 nitrogen and oxygen atoms in total. The van der Waals surface area contributed by atoms with E-state index in [0.29, 0.717) is 19.5 Å². The van der Waals surface area contributed by atoms with Gasteiger partial charge in [-0.05, 0) is 31.5 Å². The number of hydrogen-bond donors (Lipinski definition) is 3. The molecule has 1 amide bonds. The Bertz CT molecular complexity index is 698. The predicted octanol–water partition coefficient (Wildman–Crippen LogP) is 1.06. The summed E-state index contributed by atoms with van der Waals surface area (Å²) in [4.78, 5) is 10.5. The van der Waals surface area contributed by atoms with Gasteiger partial charge in [-0.3, -0.25) is 4.79 Å². The summed E-state index contributed by atoms with van der Waals surface area (Å²) in [6, 6.07) is 2.74. The van der Waals surface area contributed by atoms with Crippen LogP contribution in [-0.4, -0.2) is 33.5 Å². The summed E-state index contributed by atoms with van der Waals surface area (Å²) in [6.45, 7) is 3.80. The number of sulfonamides is 1. The van der Waals surface area contributed by atoms with Gasteiger partial charge in [0.2, 0.25) is 15.9 Å². The second kappa shape index (κ2) is 8.50. The summed E-state index contributed by atoms with van der Waals surface area (Å²) in [5.74, 6) is 1.45. The van der Waals surface area contributed by atoms with Crippen LogP contribution in [0.1, 0.15) is 20.3 Å². The Morgan fingerprint density at radius 3 is 2.70 bits per heavy atom. The van der Waals surface area contributed by atoms with Crippen molar-refractivity contribution in [2.45, 2.75) is 31.2 Å². The highest BCUT2D eigenvalue weighted by atomic mass is 32.2. The zero-order chi connectivity index (χ0) is 17.5. The van der Waals surface area contributed by atoms with E-state index in [2.05, 4.69) is 21.3 Å². The summed E-state index contributed by atoms with van der Waals surface area (Å²) in [6.07, 6.45) is 5.75.